The van der Waals surface area contributed by atoms with Gasteiger partial charge in [0.1, 0.15) is 5.82 Å². The minimum Gasteiger partial charge on any atom is -0.367 e. The predicted octanol–water partition coefficient (Wildman–Crippen LogP) is 1.86. The highest BCUT2D eigenvalue weighted by Crippen LogP contribution is 2.43. The van der Waals surface area contributed by atoms with Crippen LogP contribution in [0.4, 0.5) is 5.82 Å². The number of para-hydroxylation sites is 1. The Morgan fingerprint density at radius 3 is 2.76 bits per heavy atom. The first-order valence-electron chi connectivity index (χ1n) is 6.25. The second-order valence-electron chi connectivity index (χ2n) is 5.05. The lowest BCUT2D eigenvalue weighted by Gasteiger charge is -2.08. The fourth-order valence-corrected chi connectivity index (χ4v) is 2.95. The fourth-order valence-electron chi connectivity index (χ4n) is 2.95. The largest absolute Gasteiger partial charge is 0.367 e. The Morgan fingerprint density at radius 1 is 1.06 bits per heavy atom. The van der Waals surface area contributed by atoms with E-state index in [1.165, 1.54) is 5.39 Å². The summed E-state index contributed by atoms with van der Waals surface area (Å²) in [5.41, 5.74) is 1.07. The van der Waals surface area contributed by atoms with E-state index in [9.17, 15) is 0 Å². The second-order valence-corrected chi connectivity index (χ2v) is 5.05. The van der Waals surface area contributed by atoms with Gasteiger partial charge in [0.25, 0.3) is 0 Å². The van der Waals surface area contributed by atoms with Crippen molar-refractivity contribution in [2.45, 2.75) is 6.04 Å². The van der Waals surface area contributed by atoms with Crippen LogP contribution in [0.25, 0.3) is 10.9 Å². The standard InChI is InChI=1S/C14H15N3/c1-2-4-12-9(3-1)5-6-13(16-12)17-14-10-7-15-8-11(10)14/h1-6,10-11,14-15H,7-8H2,(H,16,17). The van der Waals surface area contributed by atoms with Gasteiger partial charge in [-0.3, -0.25) is 0 Å². The van der Waals surface area contributed by atoms with E-state index in [0.29, 0.717) is 6.04 Å². The number of nitrogens with one attached hydrogen (secondary N) is 2. The van der Waals surface area contributed by atoms with Crippen LogP contribution in [0.1, 0.15) is 0 Å². The van der Waals surface area contributed by atoms with Gasteiger partial charge in [0.05, 0.1) is 5.52 Å². The Bertz CT molecular complexity index is 556. The second kappa shape index (κ2) is 3.44. The molecule has 1 aromatic carbocycles. The molecule has 0 amide bonds. The molecule has 1 aromatic heterocycles. The SMILES string of the molecule is c1ccc2nc(NC3C4CNCC43)ccc2c1. The van der Waals surface area contributed by atoms with Crippen LogP contribution in [0, 0.1) is 11.8 Å². The van der Waals surface area contributed by atoms with E-state index < -0.39 is 0 Å². The summed E-state index contributed by atoms with van der Waals surface area (Å²) in [5.74, 6) is 2.66. The zero-order valence-electron chi connectivity index (χ0n) is 9.56. The molecule has 1 aliphatic heterocycles. The molecular formula is C14H15N3. The maximum Gasteiger partial charge on any atom is 0.126 e. The molecule has 4 rings (SSSR count). The molecule has 2 heterocycles. The third-order valence-corrected chi connectivity index (χ3v) is 4.00. The van der Waals surface area contributed by atoms with Crippen molar-refractivity contribution in [3.63, 3.8) is 0 Å². The molecule has 1 aliphatic carbocycles. The number of piperidine rings is 1. The minimum absolute atomic E-state index is 0.643. The molecule has 3 nitrogen and oxygen atoms in total. The van der Waals surface area contributed by atoms with Crippen molar-refractivity contribution in [3.8, 4) is 0 Å². The number of pyridine rings is 1. The summed E-state index contributed by atoms with van der Waals surface area (Å²) in [6.45, 7) is 2.33. The first-order chi connectivity index (χ1) is 8.42. The molecule has 2 aromatic rings. The smallest absolute Gasteiger partial charge is 0.126 e. The topological polar surface area (TPSA) is 37.0 Å². The van der Waals surface area contributed by atoms with Gasteiger partial charge in [0.15, 0.2) is 0 Å². The van der Waals surface area contributed by atoms with Gasteiger partial charge in [-0.1, -0.05) is 18.2 Å². The molecule has 2 aliphatic rings. The van der Waals surface area contributed by atoms with E-state index in [1.54, 1.807) is 0 Å². The van der Waals surface area contributed by atoms with E-state index in [1.807, 2.05) is 12.1 Å². The van der Waals surface area contributed by atoms with Gasteiger partial charge in [0, 0.05) is 24.5 Å². The molecule has 3 heteroatoms. The van der Waals surface area contributed by atoms with Crippen LogP contribution in [0.15, 0.2) is 36.4 Å². The van der Waals surface area contributed by atoms with Gasteiger partial charge < -0.3 is 10.6 Å². The average molecular weight is 225 g/mol. The molecule has 0 bridgehead atoms. The van der Waals surface area contributed by atoms with E-state index in [-0.39, 0.29) is 0 Å². The van der Waals surface area contributed by atoms with Crippen molar-refractivity contribution >= 4 is 16.7 Å². The molecule has 17 heavy (non-hydrogen) atoms. The van der Waals surface area contributed by atoms with Crippen LogP contribution in [-0.2, 0) is 0 Å². The maximum absolute atomic E-state index is 4.65. The van der Waals surface area contributed by atoms with Crippen molar-refractivity contribution in [2.24, 2.45) is 11.8 Å². The molecule has 1 saturated carbocycles. The lowest BCUT2D eigenvalue weighted by molar-refractivity contribution is 0.696. The summed E-state index contributed by atoms with van der Waals surface area (Å²) in [4.78, 5) is 4.65. The lowest BCUT2D eigenvalue weighted by Crippen LogP contribution is -2.21. The fraction of sp³-hybridized carbons (Fsp3) is 0.357. The number of hydrogen-bond acceptors (Lipinski definition) is 3. The summed E-state index contributed by atoms with van der Waals surface area (Å²) in [7, 11) is 0. The van der Waals surface area contributed by atoms with Crippen molar-refractivity contribution in [1.82, 2.24) is 10.3 Å². The van der Waals surface area contributed by atoms with Crippen molar-refractivity contribution in [3.05, 3.63) is 36.4 Å². The molecule has 1 saturated heterocycles. The Hall–Kier alpha value is -1.61. The number of anilines is 1. The number of hydrogen-bond donors (Lipinski definition) is 2. The predicted molar refractivity (Wildman–Crippen MR) is 69.0 cm³/mol. The Balaban J connectivity index is 1.59. The van der Waals surface area contributed by atoms with E-state index in [4.69, 9.17) is 0 Å². The zero-order chi connectivity index (χ0) is 11.2. The third-order valence-electron chi connectivity index (χ3n) is 4.00. The van der Waals surface area contributed by atoms with E-state index in [2.05, 4.69) is 39.9 Å². The van der Waals surface area contributed by atoms with Crippen molar-refractivity contribution in [2.75, 3.05) is 18.4 Å². The Kier molecular flexibility index (Phi) is 1.91. The molecule has 2 unspecified atom stereocenters. The minimum atomic E-state index is 0.643. The normalized spacial score (nSPS) is 30.2. The van der Waals surface area contributed by atoms with Crippen LogP contribution >= 0.6 is 0 Å². The van der Waals surface area contributed by atoms with Crippen molar-refractivity contribution in [1.29, 1.82) is 0 Å². The Morgan fingerprint density at radius 2 is 1.88 bits per heavy atom. The summed E-state index contributed by atoms with van der Waals surface area (Å²) in [6, 6.07) is 13.1. The summed E-state index contributed by atoms with van der Waals surface area (Å²) < 4.78 is 0. The number of rotatable bonds is 2. The molecule has 2 atom stereocenters. The first-order valence-corrected chi connectivity index (χ1v) is 6.25. The molecule has 2 fully saturated rings. The average Bonchev–Trinajstić information content (AvgIpc) is 2.82. The molecule has 2 N–H and O–H groups in total. The summed E-state index contributed by atoms with van der Waals surface area (Å²) >= 11 is 0. The quantitative estimate of drug-likeness (QED) is 0.819. The summed E-state index contributed by atoms with van der Waals surface area (Å²) in [5, 5.41) is 8.17. The first kappa shape index (κ1) is 9.42. The lowest BCUT2D eigenvalue weighted by atomic mass is 10.2. The van der Waals surface area contributed by atoms with Gasteiger partial charge >= 0.3 is 0 Å². The number of benzene rings is 1. The summed E-state index contributed by atoms with van der Waals surface area (Å²) in [6.07, 6.45) is 0. The maximum atomic E-state index is 4.65. The van der Waals surface area contributed by atoms with Crippen LogP contribution in [0.3, 0.4) is 0 Å². The highest BCUT2D eigenvalue weighted by atomic mass is 15.1. The molecule has 86 valence electrons. The highest BCUT2D eigenvalue weighted by molar-refractivity contribution is 5.80. The third kappa shape index (κ3) is 1.50. The zero-order valence-corrected chi connectivity index (χ0v) is 9.56. The monoisotopic (exact) mass is 225 g/mol. The Labute approximate surface area is 100 Å². The van der Waals surface area contributed by atoms with Gasteiger partial charge in [-0.25, -0.2) is 4.98 Å². The van der Waals surface area contributed by atoms with Crippen LogP contribution in [0.2, 0.25) is 0 Å². The molecule has 0 radical (unpaired) electrons. The molecule has 0 spiro atoms. The van der Waals surface area contributed by atoms with E-state index >= 15 is 0 Å². The van der Waals surface area contributed by atoms with Gasteiger partial charge in [-0.05, 0) is 30.0 Å². The van der Waals surface area contributed by atoms with Crippen LogP contribution in [-0.4, -0.2) is 24.1 Å². The van der Waals surface area contributed by atoms with Crippen LogP contribution < -0.4 is 10.6 Å². The van der Waals surface area contributed by atoms with Crippen molar-refractivity contribution < 1.29 is 0 Å². The van der Waals surface area contributed by atoms with E-state index in [0.717, 1.165) is 36.3 Å². The number of aromatic nitrogens is 1. The molecular weight excluding hydrogens is 210 g/mol. The van der Waals surface area contributed by atoms with Gasteiger partial charge in [-0.15, -0.1) is 0 Å². The van der Waals surface area contributed by atoms with Gasteiger partial charge in [0.2, 0.25) is 0 Å². The highest BCUT2D eigenvalue weighted by Gasteiger charge is 2.53. The number of fused-ring (bicyclic) bond motifs is 2. The van der Waals surface area contributed by atoms with Crippen LogP contribution in [0.5, 0.6) is 0 Å². The number of nitrogens with zero attached hydrogens (tertiary/aromatic N) is 1. The van der Waals surface area contributed by atoms with Gasteiger partial charge in [-0.2, -0.15) is 0 Å².